The Bertz CT molecular complexity index is 157. The van der Waals surface area contributed by atoms with E-state index in [9.17, 15) is 4.79 Å². The first-order valence-electron chi connectivity index (χ1n) is 3.17. The first-order valence-corrected chi connectivity index (χ1v) is 3.17. The van der Waals surface area contributed by atoms with E-state index in [1.165, 1.54) is 13.8 Å². The number of carbonyl (C=O) groups is 1. The van der Waals surface area contributed by atoms with Crippen LogP contribution in [0.15, 0.2) is 0 Å². The molecule has 0 amide bonds. The molecule has 56 valence electrons. The van der Waals surface area contributed by atoms with Crippen molar-refractivity contribution in [2.75, 3.05) is 0 Å². The number of Topliss-reactive ketones (excluding diaryl/α,β-unsaturated/α-hetero) is 1. The lowest BCUT2D eigenvalue weighted by Crippen LogP contribution is -2.30. The Morgan fingerprint density at radius 3 is 2.50 bits per heavy atom. The summed E-state index contributed by atoms with van der Waals surface area (Å²) >= 11 is 0. The number of terminal acetylenes is 1. The van der Waals surface area contributed by atoms with Gasteiger partial charge >= 0.3 is 0 Å². The maximum atomic E-state index is 10.9. The van der Waals surface area contributed by atoms with Crippen LogP contribution in [-0.2, 0) is 4.79 Å². The van der Waals surface area contributed by atoms with Crippen LogP contribution in [0.3, 0.4) is 0 Å². The SMILES string of the molecule is C#CCCC(=O)C(C)(C)O. The zero-order valence-corrected chi connectivity index (χ0v) is 6.35. The number of hydrogen-bond acceptors (Lipinski definition) is 2. The molecule has 2 heteroatoms. The van der Waals surface area contributed by atoms with Crippen molar-refractivity contribution in [3.8, 4) is 12.3 Å². The molecule has 1 N–H and O–H groups in total. The molecule has 0 aromatic heterocycles. The van der Waals surface area contributed by atoms with Gasteiger partial charge in [-0.15, -0.1) is 12.3 Å². The van der Waals surface area contributed by atoms with Crippen molar-refractivity contribution in [1.82, 2.24) is 0 Å². The van der Waals surface area contributed by atoms with Gasteiger partial charge in [0.2, 0.25) is 0 Å². The minimum Gasteiger partial charge on any atom is -0.383 e. The van der Waals surface area contributed by atoms with Gasteiger partial charge in [-0.05, 0) is 13.8 Å². The summed E-state index contributed by atoms with van der Waals surface area (Å²) in [6, 6.07) is 0. The van der Waals surface area contributed by atoms with Gasteiger partial charge in [0.05, 0.1) is 0 Å². The van der Waals surface area contributed by atoms with E-state index in [1.54, 1.807) is 0 Å². The number of carbonyl (C=O) groups excluding carboxylic acids is 1. The molecule has 0 aromatic carbocycles. The fourth-order valence-electron chi connectivity index (χ4n) is 0.492. The Labute approximate surface area is 61.2 Å². The lowest BCUT2D eigenvalue weighted by molar-refractivity contribution is -0.133. The van der Waals surface area contributed by atoms with Crippen molar-refractivity contribution < 1.29 is 9.90 Å². The Morgan fingerprint density at radius 1 is 1.70 bits per heavy atom. The van der Waals surface area contributed by atoms with Crippen LogP contribution in [0, 0.1) is 12.3 Å². The van der Waals surface area contributed by atoms with Crippen LogP contribution < -0.4 is 0 Å². The van der Waals surface area contributed by atoms with Crippen LogP contribution in [0.1, 0.15) is 26.7 Å². The molecule has 0 aliphatic carbocycles. The summed E-state index contributed by atoms with van der Waals surface area (Å²) in [4.78, 5) is 10.9. The predicted molar refractivity (Wildman–Crippen MR) is 39.4 cm³/mol. The van der Waals surface area contributed by atoms with E-state index in [4.69, 9.17) is 11.5 Å². The normalized spacial score (nSPS) is 10.6. The van der Waals surface area contributed by atoms with E-state index in [0.29, 0.717) is 6.42 Å². The maximum Gasteiger partial charge on any atom is 0.164 e. The first-order chi connectivity index (χ1) is 4.48. The predicted octanol–water partition coefficient (Wildman–Crippen LogP) is 0.740. The topological polar surface area (TPSA) is 37.3 Å². The second kappa shape index (κ2) is 3.38. The first kappa shape index (κ1) is 9.19. The molecule has 0 spiro atoms. The minimum absolute atomic E-state index is 0.203. The maximum absolute atomic E-state index is 10.9. The van der Waals surface area contributed by atoms with E-state index in [0.717, 1.165) is 0 Å². The summed E-state index contributed by atoms with van der Waals surface area (Å²) in [5.74, 6) is 2.14. The largest absolute Gasteiger partial charge is 0.383 e. The summed E-state index contributed by atoms with van der Waals surface area (Å²) in [6.45, 7) is 2.93. The lowest BCUT2D eigenvalue weighted by atomic mass is 10.0. The molecule has 0 saturated carbocycles. The standard InChI is InChI=1S/C8H12O2/c1-4-5-6-7(9)8(2,3)10/h1,10H,5-6H2,2-3H3. The van der Waals surface area contributed by atoms with Crippen molar-refractivity contribution in [3.05, 3.63) is 0 Å². The molecule has 0 bridgehead atoms. The molecular weight excluding hydrogens is 128 g/mol. The van der Waals surface area contributed by atoms with Gasteiger partial charge in [0, 0.05) is 12.8 Å². The minimum atomic E-state index is -1.23. The van der Waals surface area contributed by atoms with Crippen LogP contribution in [-0.4, -0.2) is 16.5 Å². The van der Waals surface area contributed by atoms with Crippen LogP contribution in [0.2, 0.25) is 0 Å². The fourth-order valence-corrected chi connectivity index (χ4v) is 0.492. The van der Waals surface area contributed by atoms with Crippen LogP contribution in [0.25, 0.3) is 0 Å². The smallest absolute Gasteiger partial charge is 0.164 e. The zero-order valence-electron chi connectivity index (χ0n) is 6.35. The Kier molecular flexibility index (Phi) is 3.11. The molecule has 0 radical (unpaired) electrons. The molecule has 0 aliphatic heterocycles. The third-order valence-electron chi connectivity index (χ3n) is 1.18. The molecule has 0 unspecified atom stereocenters. The second-order valence-corrected chi connectivity index (χ2v) is 2.69. The van der Waals surface area contributed by atoms with Crippen molar-refractivity contribution in [3.63, 3.8) is 0 Å². The highest BCUT2D eigenvalue weighted by atomic mass is 16.3. The van der Waals surface area contributed by atoms with Crippen LogP contribution in [0.5, 0.6) is 0 Å². The molecule has 0 heterocycles. The number of ketones is 1. The van der Waals surface area contributed by atoms with Gasteiger partial charge in [0.1, 0.15) is 5.60 Å². The molecule has 2 nitrogen and oxygen atoms in total. The highest BCUT2D eigenvalue weighted by molar-refractivity contribution is 5.86. The third kappa shape index (κ3) is 3.26. The summed E-state index contributed by atoms with van der Waals surface area (Å²) in [7, 11) is 0. The van der Waals surface area contributed by atoms with Gasteiger partial charge in [-0.1, -0.05) is 0 Å². The average Bonchev–Trinajstić information content (AvgIpc) is 1.80. The van der Waals surface area contributed by atoms with E-state index in [1.807, 2.05) is 0 Å². The van der Waals surface area contributed by atoms with Gasteiger partial charge < -0.3 is 5.11 Å². The van der Waals surface area contributed by atoms with Crippen LogP contribution in [0.4, 0.5) is 0 Å². The van der Waals surface area contributed by atoms with E-state index >= 15 is 0 Å². The van der Waals surface area contributed by atoms with Gasteiger partial charge in [-0.2, -0.15) is 0 Å². The highest BCUT2D eigenvalue weighted by Gasteiger charge is 2.21. The van der Waals surface area contributed by atoms with Gasteiger partial charge in [-0.3, -0.25) is 4.79 Å². The summed E-state index contributed by atoms with van der Waals surface area (Å²) in [5.41, 5.74) is -1.23. The van der Waals surface area contributed by atoms with Crippen molar-refractivity contribution in [1.29, 1.82) is 0 Å². The second-order valence-electron chi connectivity index (χ2n) is 2.69. The lowest BCUT2D eigenvalue weighted by Gasteiger charge is -2.13. The van der Waals surface area contributed by atoms with Crippen molar-refractivity contribution >= 4 is 5.78 Å². The molecule has 0 saturated heterocycles. The number of hydrogen-bond donors (Lipinski definition) is 1. The molecule has 0 rings (SSSR count). The average molecular weight is 140 g/mol. The molecular formula is C8H12O2. The van der Waals surface area contributed by atoms with Gasteiger partial charge in [0.25, 0.3) is 0 Å². The van der Waals surface area contributed by atoms with E-state index < -0.39 is 5.60 Å². The number of aliphatic hydroxyl groups is 1. The highest BCUT2D eigenvalue weighted by Crippen LogP contribution is 2.06. The Balaban J connectivity index is 3.78. The molecule has 0 aliphatic rings. The molecule has 0 fully saturated rings. The summed E-state index contributed by atoms with van der Waals surface area (Å²) < 4.78 is 0. The van der Waals surface area contributed by atoms with Gasteiger partial charge in [-0.25, -0.2) is 0 Å². The fraction of sp³-hybridized carbons (Fsp3) is 0.625. The third-order valence-corrected chi connectivity index (χ3v) is 1.18. The van der Waals surface area contributed by atoms with E-state index in [-0.39, 0.29) is 12.2 Å². The Morgan fingerprint density at radius 2 is 2.20 bits per heavy atom. The zero-order chi connectivity index (χ0) is 8.20. The quantitative estimate of drug-likeness (QED) is 0.587. The molecule has 0 atom stereocenters. The van der Waals surface area contributed by atoms with Crippen molar-refractivity contribution in [2.24, 2.45) is 0 Å². The molecule has 0 aromatic rings. The summed E-state index contributed by atoms with van der Waals surface area (Å²) in [6.07, 6.45) is 5.61. The van der Waals surface area contributed by atoms with Crippen molar-refractivity contribution in [2.45, 2.75) is 32.3 Å². The molecule has 10 heavy (non-hydrogen) atoms. The van der Waals surface area contributed by atoms with Gasteiger partial charge in [0.15, 0.2) is 5.78 Å². The van der Waals surface area contributed by atoms with Crippen LogP contribution >= 0.6 is 0 Å². The monoisotopic (exact) mass is 140 g/mol. The Hall–Kier alpha value is -0.810. The van der Waals surface area contributed by atoms with E-state index in [2.05, 4.69) is 5.92 Å². The number of rotatable bonds is 3. The summed E-state index contributed by atoms with van der Waals surface area (Å²) in [5, 5.41) is 9.09.